The first-order valence-electron chi connectivity index (χ1n) is 9.64. The van der Waals surface area contributed by atoms with E-state index in [1.165, 1.54) is 0 Å². The Hall–Kier alpha value is -2.77. The van der Waals surface area contributed by atoms with Crippen LogP contribution in [0.1, 0.15) is 46.5 Å². The molecule has 0 radical (unpaired) electrons. The average Bonchev–Trinajstić information content (AvgIpc) is 2.65. The number of aromatic nitrogens is 3. The molecule has 1 unspecified atom stereocenters. The van der Waals surface area contributed by atoms with Crippen LogP contribution in [0.25, 0.3) is 10.9 Å². The highest BCUT2D eigenvalue weighted by atomic mass is 16.5. The van der Waals surface area contributed by atoms with Crippen LogP contribution in [-0.2, 0) is 20.9 Å². The van der Waals surface area contributed by atoms with Gasteiger partial charge < -0.3 is 10.1 Å². The molecule has 1 aromatic carbocycles. The maximum absolute atomic E-state index is 12.3. The van der Waals surface area contributed by atoms with E-state index in [-0.39, 0.29) is 37.1 Å². The summed E-state index contributed by atoms with van der Waals surface area (Å²) in [5.41, 5.74) is 0.192. The second-order valence-corrected chi connectivity index (χ2v) is 7.34. The fraction of sp³-hybridized carbons (Fsp3) is 0.550. The number of hydrogen-bond acceptors (Lipinski definition) is 6. The quantitative estimate of drug-likeness (QED) is 0.625. The number of aryl methyl sites for hydroxylation is 1. The van der Waals surface area contributed by atoms with Crippen molar-refractivity contribution in [3.8, 4) is 0 Å². The zero-order chi connectivity index (χ0) is 20.5. The number of nitrogens with zero attached hydrogens (tertiary/aromatic N) is 3. The lowest BCUT2D eigenvalue weighted by Gasteiger charge is -2.14. The van der Waals surface area contributed by atoms with Crippen molar-refractivity contribution in [3.05, 3.63) is 34.6 Å². The summed E-state index contributed by atoms with van der Waals surface area (Å²) >= 11 is 0. The summed E-state index contributed by atoms with van der Waals surface area (Å²) < 4.78 is 6.11. The SMILES string of the molecule is CC(C)CCCC(C)NC(=O)COC(=O)CCn1nnc2ccccc2c1=O. The van der Waals surface area contributed by atoms with Crippen molar-refractivity contribution >= 4 is 22.8 Å². The van der Waals surface area contributed by atoms with Crippen molar-refractivity contribution in [2.24, 2.45) is 5.92 Å². The largest absolute Gasteiger partial charge is 0.456 e. The highest BCUT2D eigenvalue weighted by Crippen LogP contribution is 2.08. The molecule has 0 aliphatic carbocycles. The average molecular weight is 388 g/mol. The van der Waals surface area contributed by atoms with Gasteiger partial charge in [0.15, 0.2) is 6.61 Å². The highest BCUT2D eigenvalue weighted by Gasteiger charge is 2.12. The number of ether oxygens (including phenoxy) is 1. The van der Waals surface area contributed by atoms with E-state index in [4.69, 9.17) is 4.74 Å². The van der Waals surface area contributed by atoms with Gasteiger partial charge in [-0.05, 0) is 31.4 Å². The second kappa shape index (κ2) is 10.5. The first-order valence-corrected chi connectivity index (χ1v) is 9.64. The number of rotatable bonds is 10. The van der Waals surface area contributed by atoms with Gasteiger partial charge in [0, 0.05) is 6.04 Å². The minimum absolute atomic E-state index is 0.0383. The molecule has 0 aliphatic heterocycles. The van der Waals surface area contributed by atoms with E-state index in [0.717, 1.165) is 23.9 Å². The van der Waals surface area contributed by atoms with Gasteiger partial charge in [-0.2, -0.15) is 0 Å². The Labute approximate surface area is 164 Å². The topological polar surface area (TPSA) is 103 Å². The van der Waals surface area contributed by atoms with E-state index >= 15 is 0 Å². The molecule has 0 saturated heterocycles. The Morgan fingerprint density at radius 3 is 2.68 bits per heavy atom. The minimum Gasteiger partial charge on any atom is -0.456 e. The summed E-state index contributed by atoms with van der Waals surface area (Å²) in [4.78, 5) is 36.0. The van der Waals surface area contributed by atoms with Crippen LogP contribution in [0.5, 0.6) is 0 Å². The molecular weight excluding hydrogens is 360 g/mol. The molecule has 8 nitrogen and oxygen atoms in total. The minimum atomic E-state index is -0.565. The molecule has 1 amide bonds. The zero-order valence-electron chi connectivity index (χ0n) is 16.7. The van der Waals surface area contributed by atoms with Crippen LogP contribution in [0, 0.1) is 5.92 Å². The third-order valence-corrected chi connectivity index (χ3v) is 4.35. The van der Waals surface area contributed by atoms with Gasteiger partial charge in [0.1, 0.15) is 5.52 Å². The van der Waals surface area contributed by atoms with E-state index in [1.807, 2.05) is 6.92 Å². The maximum atomic E-state index is 12.3. The number of carbonyl (C=O) groups excluding carboxylic acids is 2. The number of esters is 1. The van der Waals surface area contributed by atoms with Gasteiger partial charge in [-0.15, -0.1) is 5.10 Å². The molecule has 0 aliphatic rings. The van der Waals surface area contributed by atoms with Gasteiger partial charge in [0.25, 0.3) is 11.5 Å². The van der Waals surface area contributed by atoms with Gasteiger partial charge in [-0.1, -0.05) is 44.0 Å². The molecule has 8 heteroatoms. The van der Waals surface area contributed by atoms with E-state index in [0.29, 0.717) is 16.8 Å². The summed E-state index contributed by atoms with van der Waals surface area (Å²) in [6.07, 6.45) is 2.98. The fourth-order valence-electron chi connectivity index (χ4n) is 2.81. The van der Waals surface area contributed by atoms with Crippen LogP contribution < -0.4 is 10.9 Å². The number of hydrogen-bond donors (Lipinski definition) is 1. The molecule has 2 rings (SSSR count). The molecule has 1 N–H and O–H groups in total. The molecule has 152 valence electrons. The van der Waals surface area contributed by atoms with Crippen LogP contribution in [0.2, 0.25) is 0 Å². The lowest BCUT2D eigenvalue weighted by molar-refractivity contribution is -0.149. The molecule has 0 fully saturated rings. The predicted molar refractivity (Wildman–Crippen MR) is 106 cm³/mol. The predicted octanol–water partition coefficient (Wildman–Crippen LogP) is 2.06. The van der Waals surface area contributed by atoms with E-state index in [1.54, 1.807) is 24.3 Å². The molecule has 1 atom stereocenters. The first kappa shape index (κ1) is 21.5. The summed E-state index contributed by atoms with van der Waals surface area (Å²) in [7, 11) is 0. The number of carbonyl (C=O) groups is 2. The fourth-order valence-corrected chi connectivity index (χ4v) is 2.81. The second-order valence-electron chi connectivity index (χ2n) is 7.34. The summed E-state index contributed by atoms with van der Waals surface area (Å²) in [6.45, 7) is 5.99. The number of nitrogens with one attached hydrogen (secondary N) is 1. The van der Waals surface area contributed by atoms with Crippen molar-refractivity contribution < 1.29 is 14.3 Å². The Morgan fingerprint density at radius 2 is 1.93 bits per heavy atom. The van der Waals surface area contributed by atoms with Gasteiger partial charge >= 0.3 is 5.97 Å². The monoisotopic (exact) mass is 388 g/mol. The third-order valence-electron chi connectivity index (χ3n) is 4.35. The third kappa shape index (κ3) is 6.75. The van der Waals surface area contributed by atoms with Crippen LogP contribution in [-0.4, -0.2) is 39.5 Å². The van der Waals surface area contributed by atoms with Crippen molar-refractivity contribution in [1.82, 2.24) is 20.3 Å². The van der Waals surface area contributed by atoms with Crippen molar-refractivity contribution in [2.45, 2.75) is 59.0 Å². The van der Waals surface area contributed by atoms with Crippen LogP contribution in [0.15, 0.2) is 29.1 Å². The number of amides is 1. The normalized spacial score (nSPS) is 12.1. The van der Waals surface area contributed by atoms with Crippen molar-refractivity contribution in [3.63, 3.8) is 0 Å². The molecule has 28 heavy (non-hydrogen) atoms. The number of fused-ring (bicyclic) bond motifs is 1. The van der Waals surface area contributed by atoms with Crippen LogP contribution in [0.4, 0.5) is 0 Å². The highest BCUT2D eigenvalue weighted by molar-refractivity contribution is 5.80. The molecule has 1 aromatic heterocycles. The zero-order valence-corrected chi connectivity index (χ0v) is 16.7. The number of benzene rings is 1. The van der Waals surface area contributed by atoms with Gasteiger partial charge in [0.05, 0.1) is 18.4 Å². The van der Waals surface area contributed by atoms with Gasteiger partial charge in [-0.3, -0.25) is 14.4 Å². The van der Waals surface area contributed by atoms with E-state index < -0.39 is 5.97 Å². The Balaban J connectivity index is 1.73. The summed E-state index contributed by atoms with van der Waals surface area (Å²) in [5, 5.41) is 11.0. The Morgan fingerprint density at radius 1 is 1.18 bits per heavy atom. The molecule has 0 saturated carbocycles. The van der Waals surface area contributed by atoms with Crippen molar-refractivity contribution in [1.29, 1.82) is 0 Å². The smallest absolute Gasteiger partial charge is 0.308 e. The Bertz CT molecular complexity index is 863. The van der Waals surface area contributed by atoms with Crippen LogP contribution >= 0.6 is 0 Å². The molecule has 1 heterocycles. The van der Waals surface area contributed by atoms with Crippen molar-refractivity contribution in [2.75, 3.05) is 6.61 Å². The summed E-state index contributed by atoms with van der Waals surface area (Å²) in [5.74, 6) is -0.249. The lowest BCUT2D eigenvalue weighted by Crippen LogP contribution is -2.36. The van der Waals surface area contributed by atoms with E-state index in [9.17, 15) is 14.4 Å². The first-order chi connectivity index (χ1) is 13.4. The molecule has 0 spiro atoms. The Kier molecular flexibility index (Phi) is 8.10. The standard InChI is InChI=1S/C20H28N4O4/c1-14(2)7-6-8-15(3)21-18(25)13-28-19(26)11-12-24-20(27)16-9-4-5-10-17(16)22-23-24/h4-5,9-10,14-15H,6-8,11-13H2,1-3H3,(H,21,25). The molecular formula is C20H28N4O4. The lowest BCUT2D eigenvalue weighted by atomic mass is 10.0. The maximum Gasteiger partial charge on any atom is 0.308 e. The molecule has 0 bridgehead atoms. The van der Waals surface area contributed by atoms with E-state index in [2.05, 4.69) is 29.5 Å². The van der Waals surface area contributed by atoms with Gasteiger partial charge in [0.2, 0.25) is 0 Å². The van der Waals surface area contributed by atoms with Crippen LogP contribution in [0.3, 0.4) is 0 Å². The molecule has 2 aromatic rings. The van der Waals surface area contributed by atoms with Gasteiger partial charge in [-0.25, -0.2) is 4.68 Å². The summed E-state index contributed by atoms with van der Waals surface area (Å²) in [6, 6.07) is 6.91.